The molecule has 0 aliphatic rings. The predicted molar refractivity (Wildman–Crippen MR) is 81.2 cm³/mol. The Bertz CT molecular complexity index is 596. The van der Waals surface area contributed by atoms with Gasteiger partial charge in [-0.05, 0) is 30.8 Å². The molecule has 1 aromatic heterocycles. The van der Waals surface area contributed by atoms with Crippen LogP contribution >= 0.6 is 12.2 Å². The third kappa shape index (κ3) is 3.96. The van der Waals surface area contributed by atoms with E-state index in [1.807, 2.05) is 24.3 Å². The number of nitrogens with zero attached hydrogens (tertiary/aromatic N) is 3. The molecule has 0 radical (unpaired) electrons. The molecule has 2 rings (SSSR count). The molecule has 0 saturated heterocycles. The Labute approximate surface area is 117 Å². The molecule has 6 heteroatoms. The van der Waals surface area contributed by atoms with Gasteiger partial charge in [-0.15, -0.1) is 0 Å². The molecular formula is C13H15N5S. The van der Waals surface area contributed by atoms with Crippen molar-refractivity contribution in [2.45, 2.75) is 13.3 Å². The van der Waals surface area contributed by atoms with Crippen LogP contribution in [0.1, 0.15) is 19.0 Å². The molecule has 0 aliphatic heterocycles. The van der Waals surface area contributed by atoms with Gasteiger partial charge in [0.15, 0.2) is 5.11 Å². The molecule has 0 fully saturated rings. The van der Waals surface area contributed by atoms with Gasteiger partial charge in [0.05, 0.1) is 23.4 Å². The third-order valence-electron chi connectivity index (χ3n) is 2.37. The zero-order valence-corrected chi connectivity index (χ0v) is 11.4. The molecule has 0 aliphatic carbocycles. The maximum Gasteiger partial charge on any atom is 0.186 e. The molecule has 0 spiro atoms. The number of benzene rings is 1. The molecule has 2 N–H and O–H groups in total. The smallest absolute Gasteiger partial charge is 0.186 e. The Morgan fingerprint density at radius 2 is 2.16 bits per heavy atom. The Morgan fingerprint density at radius 1 is 1.37 bits per heavy atom. The van der Waals surface area contributed by atoms with Crippen LogP contribution in [0.25, 0.3) is 11.0 Å². The zero-order chi connectivity index (χ0) is 13.5. The monoisotopic (exact) mass is 273 g/mol. The average molecular weight is 273 g/mol. The summed E-state index contributed by atoms with van der Waals surface area (Å²) in [5.41, 5.74) is 5.13. The van der Waals surface area contributed by atoms with Gasteiger partial charge in [0.2, 0.25) is 0 Å². The highest BCUT2D eigenvalue weighted by atomic mass is 32.1. The number of hydrogen-bond acceptors (Lipinski definition) is 4. The second-order valence-electron chi connectivity index (χ2n) is 3.91. The van der Waals surface area contributed by atoms with E-state index in [0.29, 0.717) is 10.8 Å². The minimum Gasteiger partial charge on any atom is -0.361 e. The molecule has 2 aromatic rings. The molecule has 0 atom stereocenters. The van der Waals surface area contributed by atoms with Crippen molar-refractivity contribution in [2.24, 2.45) is 5.10 Å². The van der Waals surface area contributed by atoms with Gasteiger partial charge in [-0.2, -0.15) is 5.10 Å². The highest BCUT2D eigenvalue weighted by Gasteiger charge is 1.96. The van der Waals surface area contributed by atoms with E-state index in [0.717, 1.165) is 24.0 Å². The first-order valence-corrected chi connectivity index (χ1v) is 6.49. The molecule has 19 heavy (non-hydrogen) atoms. The van der Waals surface area contributed by atoms with Crippen LogP contribution in [0.2, 0.25) is 0 Å². The lowest BCUT2D eigenvalue weighted by Crippen LogP contribution is -2.32. The van der Waals surface area contributed by atoms with Crippen molar-refractivity contribution in [3.05, 3.63) is 36.2 Å². The molecule has 98 valence electrons. The molecule has 5 nitrogen and oxygen atoms in total. The maximum absolute atomic E-state index is 5.04. The Kier molecular flexibility index (Phi) is 4.74. The second kappa shape index (κ2) is 6.75. The minimum atomic E-state index is 0.506. The standard InChI is InChI=1S/C13H15N5S/c1-2-7-14-13(19)18-16-9-10-8-15-11-5-3-4-6-12(11)17-10/h3-6,8-9H,2,7H2,1H3,(H2,14,18,19)/b16-9-. The van der Waals surface area contributed by atoms with Crippen LogP contribution in [0.15, 0.2) is 35.6 Å². The Morgan fingerprint density at radius 3 is 2.95 bits per heavy atom. The Balaban J connectivity index is 1.99. The van der Waals surface area contributed by atoms with Crippen molar-refractivity contribution in [1.82, 2.24) is 20.7 Å². The fourth-order valence-electron chi connectivity index (χ4n) is 1.47. The summed E-state index contributed by atoms with van der Waals surface area (Å²) < 4.78 is 0. The van der Waals surface area contributed by atoms with E-state index in [1.54, 1.807) is 12.4 Å². The highest BCUT2D eigenvalue weighted by molar-refractivity contribution is 7.80. The quantitative estimate of drug-likeness (QED) is 0.505. The van der Waals surface area contributed by atoms with E-state index < -0.39 is 0 Å². The summed E-state index contributed by atoms with van der Waals surface area (Å²) in [7, 11) is 0. The predicted octanol–water partition coefficient (Wildman–Crippen LogP) is 1.84. The number of hydrazone groups is 1. The topological polar surface area (TPSA) is 62.2 Å². The summed E-state index contributed by atoms with van der Waals surface area (Å²) in [6.45, 7) is 2.90. The highest BCUT2D eigenvalue weighted by Crippen LogP contribution is 2.07. The first-order chi connectivity index (χ1) is 9.29. The van der Waals surface area contributed by atoms with Gasteiger partial charge in [-0.1, -0.05) is 19.1 Å². The van der Waals surface area contributed by atoms with Gasteiger partial charge >= 0.3 is 0 Å². The van der Waals surface area contributed by atoms with Crippen LogP contribution in [0.4, 0.5) is 0 Å². The van der Waals surface area contributed by atoms with Gasteiger partial charge in [0, 0.05) is 6.54 Å². The van der Waals surface area contributed by atoms with E-state index in [4.69, 9.17) is 12.2 Å². The molecule has 0 unspecified atom stereocenters. The number of para-hydroxylation sites is 2. The number of nitrogens with one attached hydrogen (secondary N) is 2. The van der Waals surface area contributed by atoms with Crippen LogP contribution in [-0.4, -0.2) is 27.8 Å². The van der Waals surface area contributed by atoms with Gasteiger partial charge in [-0.25, -0.2) is 4.98 Å². The van der Waals surface area contributed by atoms with Gasteiger partial charge in [0.1, 0.15) is 5.69 Å². The summed E-state index contributed by atoms with van der Waals surface area (Å²) in [5, 5.41) is 7.55. The largest absolute Gasteiger partial charge is 0.361 e. The van der Waals surface area contributed by atoms with Crippen molar-refractivity contribution in [3.63, 3.8) is 0 Å². The fourth-order valence-corrected chi connectivity index (χ4v) is 1.62. The molecule has 0 amide bonds. The zero-order valence-electron chi connectivity index (χ0n) is 10.6. The lowest BCUT2D eigenvalue weighted by Gasteiger charge is -2.04. The summed E-state index contributed by atoms with van der Waals surface area (Å²) in [4.78, 5) is 8.72. The normalized spacial score (nSPS) is 10.8. The lowest BCUT2D eigenvalue weighted by molar-refractivity contribution is 0.817. The molecular weight excluding hydrogens is 258 g/mol. The van der Waals surface area contributed by atoms with Crippen LogP contribution in [0.3, 0.4) is 0 Å². The number of rotatable bonds is 4. The second-order valence-corrected chi connectivity index (χ2v) is 4.32. The van der Waals surface area contributed by atoms with Crippen LogP contribution in [-0.2, 0) is 0 Å². The van der Waals surface area contributed by atoms with Gasteiger partial charge in [0.25, 0.3) is 0 Å². The summed E-state index contributed by atoms with van der Waals surface area (Å²) in [6.07, 6.45) is 4.29. The van der Waals surface area contributed by atoms with E-state index in [-0.39, 0.29) is 0 Å². The van der Waals surface area contributed by atoms with Crippen molar-refractivity contribution in [1.29, 1.82) is 0 Å². The van der Waals surface area contributed by atoms with Crippen molar-refractivity contribution in [3.8, 4) is 0 Å². The van der Waals surface area contributed by atoms with E-state index in [9.17, 15) is 0 Å². The van der Waals surface area contributed by atoms with Gasteiger partial charge < -0.3 is 5.32 Å². The summed E-state index contributed by atoms with van der Waals surface area (Å²) in [5.74, 6) is 0. The van der Waals surface area contributed by atoms with Crippen LogP contribution < -0.4 is 10.7 Å². The lowest BCUT2D eigenvalue weighted by atomic mass is 10.3. The summed E-state index contributed by atoms with van der Waals surface area (Å²) in [6, 6.07) is 7.70. The number of hydrogen-bond donors (Lipinski definition) is 2. The third-order valence-corrected chi connectivity index (χ3v) is 2.60. The molecule has 0 saturated carbocycles. The molecule has 1 heterocycles. The number of aromatic nitrogens is 2. The molecule has 0 bridgehead atoms. The van der Waals surface area contributed by atoms with E-state index in [2.05, 4.69) is 32.7 Å². The van der Waals surface area contributed by atoms with Crippen molar-refractivity contribution >= 4 is 34.6 Å². The van der Waals surface area contributed by atoms with Crippen molar-refractivity contribution < 1.29 is 0 Å². The van der Waals surface area contributed by atoms with Crippen LogP contribution in [0, 0.1) is 0 Å². The molecule has 1 aromatic carbocycles. The Hall–Kier alpha value is -2.08. The van der Waals surface area contributed by atoms with Gasteiger partial charge in [-0.3, -0.25) is 10.4 Å². The van der Waals surface area contributed by atoms with Crippen molar-refractivity contribution in [2.75, 3.05) is 6.54 Å². The average Bonchev–Trinajstić information content (AvgIpc) is 2.45. The number of thiocarbonyl (C=S) groups is 1. The fraction of sp³-hybridized carbons (Fsp3) is 0.231. The summed E-state index contributed by atoms with van der Waals surface area (Å²) >= 11 is 5.04. The number of fused-ring (bicyclic) bond motifs is 1. The first-order valence-electron chi connectivity index (χ1n) is 6.08. The first kappa shape index (κ1) is 13.4. The SMILES string of the molecule is CCCNC(=S)N/N=C\c1cnc2ccccc2n1. The maximum atomic E-state index is 5.04. The van der Waals surface area contributed by atoms with E-state index >= 15 is 0 Å². The minimum absolute atomic E-state index is 0.506. The van der Waals surface area contributed by atoms with E-state index in [1.165, 1.54) is 0 Å². The van der Waals surface area contributed by atoms with Crippen LogP contribution in [0.5, 0.6) is 0 Å².